The molecular weight excluding hydrogens is 493 g/mol. The van der Waals surface area contributed by atoms with Crippen LogP contribution in [0.3, 0.4) is 0 Å². The minimum absolute atomic E-state index is 0.0349. The van der Waals surface area contributed by atoms with Gasteiger partial charge in [-0.3, -0.25) is 14.5 Å². The Kier molecular flexibility index (Phi) is 9.36. The number of benzene rings is 3. The predicted molar refractivity (Wildman–Crippen MR) is 151 cm³/mol. The summed E-state index contributed by atoms with van der Waals surface area (Å²) in [5.74, 6) is -0.655. The molecule has 1 unspecified atom stereocenters. The number of carbonyl (C=O) groups excluding carboxylic acids is 2. The zero-order chi connectivity index (χ0) is 27.9. The van der Waals surface area contributed by atoms with Gasteiger partial charge in [0.1, 0.15) is 24.2 Å². The largest absolute Gasteiger partial charge is 0.489 e. The number of rotatable bonds is 10. The lowest BCUT2D eigenvalue weighted by Crippen LogP contribution is -2.49. The van der Waals surface area contributed by atoms with E-state index in [0.29, 0.717) is 50.5 Å². The first-order chi connectivity index (χ1) is 18.8. The highest BCUT2D eigenvalue weighted by Crippen LogP contribution is 2.34. The highest BCUT2D eigenvalue weighted by Gasteiger charge is 2.37. The molecule has 3 aromatic carbocycles. The molecule has 6 nitrogen and oxygen atoms in total. The average molecular weight is 532 g/mol. The second kappa shape index (κ2) is 12.9. The average Bonchev–Trinajstić information content (AvgIpc) is 2.93. The maximum absolute atomic E-state index is 14.6. The smallest absolute Gasteiger partial charge is 0.257 e. The van der Waals surface area contributed by atoms with Crippen molar-refractivity contribution in [2.24, 2.45) is 0 Å². The van der Waals surface area contributed by atoms with Crippen LogP contribution in [0.4, 0.5) is 4.39 Å². The fourth-order valence-corrected chi connectivity index (χ4v) is 5.24. The summed E-state index contributed by atoms with van der Waals surface area (Å²) >= 11 is 0. The quantitative estimate of drug-likeness (QED) is 0.382. The Hall–Kier alpha value is -3.71. The van der Waals surface area contributed by atoms with E-state index in [0.717, 1.165) is 16.7 Å². The van der Waals surface area contributed by atoms with Crippen LogP contribution < -0.4 is 10.1 Å². The summed E-state index contributed by atoms with van der Waals surface area (Å²) in [5, 5.41) is 3.05. The van der Waals surface area contributed by atoms with Crippen LogP contribution in [0.2, 0.25) is 0 Å². The fraction of sp³-hybridized carbons (Fsp3) is 0.375. The lowest BCUT2D eigenvalue weighted by Gasteiger charge is -2.37. The number of fused-ring (bicyclic) bond motifs is 1. The highest BCUT2D eigenvalue weighted by molar-refractivity contribution is 5.98. The number of carbonyl (C=O) groups is 2. The molecule has 0 aliphatic carbocycles. The van der Waals surface area contributed by atoms with E-state index in [2.05, 4.69) is 37.9 Å². The van der Waals surface area contributed by atoms with Gasteiger partial charge in [-0.05, 0) is 75.1 Å². The maximum atomic E-state index is 14.6. The first-order valence-electron chi connectivity index (χ1n) is 13.6. The molecule has 0 fully saturated rings. The Labute approximate surface area is 230 Å². The van der Waals surface area contributed by atoms with E-state index >= 15 is 0 Å². The Balaban J connectivity index is 1.57. The SMILES string of the molecule is CC(C)N(CCNC(=O)C1c2ccc(OCc3ccccc3)cc2CCN1C(=O)c1ccccc1F)C(C)C. The molecule has 0 bridgehead atoms. The molecular formula is C32H38FN3O3. The van der Waals surface area contributed by atoms with Gasteiger partial charge >= 0.3 is 0 Å². The van der Waals surface area contributed by atoms with Crippen molar-refractivity contribution < 1.29 is 18.7 Å². The Morgan fingerprint density at radius 2 is 1.69 bits per heavy atom. The Bertz CT molecular complexity index is 1270. The lowest BCUT2D eigenvalue weighted by molar-refractivity contribution is -0.126. The fourth-order valence-electron chi connectivity index (χ4n) is 5.24. The van der Waals surface area contributed by atoms with E-state index in [9.17, 15) is 14.0 Å². The van der Waals surface area contributed by atoms with Gasteiger partial charge in [0.25, 0.3) is 5.91 Å². The zero-order valence-corrected chi connectivity index (χ0v) is 23.2. The van der Waals surface area contributed by atoms with Gasteiger partial charge < -0.3 is 15.0 Å². The highest BCUT2D eigenvalue weighted by atomic mass is 19.1. The van der Waals surface area contributed by atoms with Crippen molar-refractivity contribution in [2.45, 2.75) is 58.8 Å². The molecule has 1 atom stereocenters. The van der Waals surface area contributed by atoms with E-state index in [1.165, 1.54) is 17.0 Å². The summed E-state index contributed by atoms with van der Waals surface area (Å²) in [5.41, 5.74) is 2.71. The van der Waals surface area contributed by atoms with Crippen LogP contribution in [0.1, 0.15) is 60.8 Å². The number of halogens is 1. The van der Waals surface area contributed by atoms with E-state index in [-0.39, 0.29) is 11.5 Å². The summed E-state index contributed by atoms with van der Waals surface area (Å²) in [6, 6.07) is 21.3. The van der Waals surface area contributed by atoms with Crippen LogP contribution in [-0.4, -0.2) is 53.3 Å². The van der Waals surface area contributed by atoms with Gasteiger partial charge in [-0.25, -0.2) is 4.39 Å². The third-order valence-electron chi connectivity index (χ3n) is 7.20. The van der Waals surface area contributed by atoms with Gasteiger partial charge in [-0.2, -0.15) is 0 Å². The first-order valence-corrected chi connectivity index (χ1v) is 13.6. The number of hydrogen-bond acceptors (Lipinski definition) is 4. The molecule has 206 valence electrons. The van der Waals surface area contributed by atoms with Crippen molar-refractivity contribution in [1.29, 1.82) is 0 Å². The molecule has 1 aliphatic rings. The van der Waals surface area contributed by atoms with E-state index in [4.69, 9.17) is 4.74 Å². The monoisotopic (exact) mass is 531 g/mol. The first kappa shape index (κ1) is 28.3. The predicted octanol–water partition coefficient (Wildman–Crippen LogP) is 5.38. The zero-order valence-electron chi connectivity index (χ0n) is 23.2. The van der Waals surface area contributed by atoms with Crippen LogP contribution in [0.25, 0.3) is 0 Å². The van der Waals surface area contributed by atoms with Crippen molar-refractivity contribution in [2.75, 3.05) is 19.6 Å². The van der Waals surface area contributed by atoms with Gasteiger partial charge in [-0.15, -0.1) is 0 Å². The van der Waals surface area contributed by atoms with Crippen LogP contribution in [0.15, 0.2) is 72.8 Å². The number of nitrogens with one attached hydrogen (secondary N) is 1. The Morgan fingerprint density at radius 1 is 1.00 bits per heavy atom. The van der Waals surface area contributed by atoms with Crippen molar-refractivity contribution in [3.63, 3.8) is 0 Å². The van der Waals surface area contributed by atoms with Crippen molar-refractivity contribution in [1.82, 2.24) is 15.1 Å². The van der Waals surface area contributed by atoms with Crippen LogP contribution in [-0.2, 0) is 17.8 Å². The van der Waals surface area contributed by atoms with Gasteiger partial charge in [0, 0.05) is 31.7 Å². The number of ether oxygens (including phenoxy) is 1. The van der Waals surface area contributed by atoms with Crippen LogP contribution in [0, 0.1) is 5.82 Å². The second-order valence-electron chi connectivity index (χ2n) is 10.5. The third kappa shape index (κ3) is 6.84. The molecule has 39 heavy (non-hydrogen) atoms. The molecule has 1 N–H and O–H groups in total. The van der Waals surface area contributed by atoms with Gasteiger partial charge in [0.15, 0.2) is 0 Å². The molecule has 0 saturated carbocycles. The minimum Gasteiger partial charge on any atom is -0.489 e. The van der Waals surface area contributed by atoms with Crippen molar-refractivity contribution >= 4 is 11.8 Å². The van der Waals surface area contributed by atoms with E-state index in [1.54, 1.807) is 12.1 Å². The molecule has 3 aromatic rings. The van der Waals surface area contributed by atoms with Crippen LogP contribution >= 0.6 is 0 Å². The van der Waals surface area contributed by atoms with Crippen molar-refractivity contribution in [3.8, 4) is 5.75 Å². The van der Waals surface area contributed by atoms with Gasteiger partial charge in [0.05, 0.1) is 5.56 Å². The molecule has 2 amide bonds. The summed E-state index contributed by atoms with van der Waals surface area (Å²) in [6.45, 7) is 10.4. The van der Waals surface area contributed by atoms with Gasteiger partial charge in [0.2, 0.25) is 5.91 Å². The normalized spacial score (nSPS) is 15.0. The van der Waals surface area contributed by atoms with E-state index < -0.39 is 17.8 Å². The molecule has 0 saturated heterocycles. The molecule has 1 aliphatic heterocycles. The molecule has 0 radical (unpaired) electrons. The second-order valence-corrected chi connectivity index (χ2v) is 10.5. The topological polar surface area (TPSA) is 61.9 Å². The van der Waals surface area contributed by atoms with E-state index in [1.807, 2.05) is 48.5 Å². The maximum Gasteiger partial charge on any atom is 0.257 e. The molecule has 0 spiro atoms. The lowest BCUT2D eigenvalue weighted by atomic mass is 9.91. The molecule has 1 heterocycles. The number of hydrogen-bond donors (Lipinski definition) is 1. The third-order valence-corrected chi connectivity index (χ3v) is 7.20. The summed E-state index contributed by atoms with van der Waals surface area (Å²) in [6.07, 6.45) is 0.538. The standard InChI is InChI=1S/C32H38FN3O3/c1-22(2)35(23(3)4)19-17-34-31(37)30-27-15-14-26(39-21-24-10-6-5-7-11-24)20-25(27)16-18-36(30)32(38)28-12-8-9-13-29(28)33/h5-15,20,22-23,30H,16-19,21H2,1-4H3,(H,34,37). The summed E-state index contributed by atoms with van der Waals surface area (Å²) < 4.78 is 20.6. The molecule has 4 rings (SSSR count). The molecule has 7 heteroatoms. The van der Waals surface area contributed by atoms with Gasteiger partial charge in [-0.1, -0.05) is 48.5 Å². The molecule has 0 aromatic heterocycles. The minimum atomic E-state index is -0.865. The van der Waals surface area contributed by atoms with Crippen molar-refractivity contribution in [3.05, 3.63) is 101 Å². The summed E-state index contributed by atoms with van der Waals surface area (Å²) in [4.78, 5) is 31.0. The van der Waals surface area contributed by atoms with Crippen LogP contribution in [0.5, 0.6) is 5.75 Å². The Morgan fingerprint density at radius 3 is 2.38 bits per heavy atom. The summed E-state index contributed by atoms with van der Waals surface area (Å²) in [7, 11) is 0. The number of amides is 2. The number of nitrogens with zero attached hydrogens (tertiary/aromatic N) is 2.